The summed E-state index contributed by atoms with van der Waals surface area (Å²) in [7, 11) is 0. The van der Waals surface area contributed by atoms with Crippen molar-refractivity contribution in [1.82, 2.24) is 5.32 Å². The number of rotatable bonds is 5. The largest absolute Gasteiger partial charge is 0.388 e. The summed E-state index contributed by atoms with van der Waals surface area (Å²) < 4.78 is 19.2. The highest BCUT2D eigenvalue weighted by molar-refractivity contribution is 7.13. The molecule has 22 heavy (non-hydrogen) atoms. The predicted octanol–water partition coefficient (Wildman–Crippen LogP) is 3.19. The van der Waals surface area contributed by atoms with Gasteiger partial charge in [0.1, 0.15) is 5.82 Å². The van der Waals surface area contributed by atoms with Crippen molar-refractivity contribution < 1.29 is 14.2 Å². The molecule has 0 aliphatic carbocycles. The van der Waals surface area contributed by atoms with Crippen LogP contribution >= 0.6 is 11.3 Å². The third-order valence-electron chi connectivity index (χ3n) is 4.02. The lowest BCUT2D eigenvalue weighted by Gasteiger charge is -2.32. The van der Waals surface area contributed by atoms with E-state index in [0.29, 0.717) is 44.7 Å². The van der Waals surface area contributed by atoms with Crippen LogP contribution in [0.15, 0.2) is 35.7 Å². The van der Waals surface area contributed by atoms with Crippen molar-refractivity contribution in [3.05, 3.63) is 47.1 Å². The van der Waals surface area contributed by atoms with Crippen LogP contribution in [0.5, 0.6) is 0 Å². The zero-order valence-corrected chi connectivity index (χ0v) is 13.2. The Hall–Kier alpha value is -1.27. The van der Waals surface area contributed by atoms with Crippen molar-refractivity contribution in [2.24, 2.45) is 0 Å². The third kappa shape index (κ3) is 3.73. The Labute approximate surface area is 133 Å². The Morgan fingerprint density at radius 2 is 2.09 bits per heavy atom. The van der Waals surface area contributed by atoms with Gasteiger partial charge in [-0.05, 0) is 29.1 Å². The minimum absolute atomic E-state index is 0.200. The van der Waals surface area contributed by atoms with Crippen LogP contribution in [0, 0.1) is 5.82 Å². The fraction of sp³-hybridized carbons (Fsp3) is 0.412. The molecule has 5 heteroatoms. The molecular formula is C17H20FNO2S. The molecule has 2 N–H and O–H groups in total. The van der Waals surface area contributed by atoms with E-state index in [-0.39, 0.29) is 5.82 Å². The highest BCUT2D eigenvalue weighted by Gasteiger charge is 2.29. The molecule has 1 aromatic heterocycles. The van der Waals surface area contributed by atoms with E-state index in [2.05, 4.69) is 5.32 Å². The van der Waals surface area contributed by atoms with Gasteiger partial charge < -0.3 is 15.2 Å². The van der Waals surface area contributed by atoms with Crippen LogP contribution in [0.2, 0.25) is 0 Å². The van der Waals surface area contributed by atoms with Gasteiger partial charge in [0.2, 0.25) is 0 Å². The summed E-state index contributed by atoms with van der Waals surface area (Å²) in [5.41, 5.74) is 0.967. The predicted molar refractivity (Wildman–Crippen MR) is 86.4 cm³/mol. The van der Waals surface area contributed by atoms with Gasteiger partial charge in [0.15, 0.2) is 0 Å². The fourth-order valence-electron chi connectivity index (χ4n) is 2.67. The number of hydrogen-bond donors (Lipinski definition) is 2. The van der Waals surface area contributed by atoms with Gasteiger partial charge in [0.05, 0.1) is 5.60 Å². The molecule has 0 spiro atoms. The van der Waals surface area contributed by atoms with Crippen molar-refractivity contribution in [3.8, 4) is 10.4 Å². The number of ether oxygens (including phenoxy) is 1. The quantitative estimate of drug-likeness (QED) is 0.889. The average Bonchev–Trinajstić information content (AvgIpc) is 3.04. The normalized spacial score (nSPS) is 17.5. The molecule has 2 aromatic rings. The summed E-state index contributed by atoms with van der Waals surface area (Å²) in [4.78, 5) is 0.933. The van der Waals surface area contributed by atoms with Crippen molar-refractivity contribution in [3.63, 3.8) is 0 Å². The van der Waals surface area contributed by atoms with E-state index in [9.17, 15) is 9.50 Å². The van der Waals surface area contributed by atoms with Gasteiger partial charge in [-0.2, -0.15) is 0 Å². The molecule has 1 aliphatic heterocycles. The van der Waals surface area contributed by atoms with E-state index in [1.54, 1.807) is 6.07 Å². The maximum atomic E-state index is 13.9. The number of thiophene rings is 1. The molecule has 0 atom stereocenters. The van der Waals surface area contributed by atoms with Gasteiger partial charge in [0, 0.05) is 49.6 Å². The maximum absolute atomic E-state index is 13.9. The summed E-state index contributed by atoms with van der Waals surface area (Å²) in [5.74, 6) is -0.200. The van der Waals surface area contributed by atoms with E-state index < -0.39 is 5.60 Å². The van der Waals surface area contributed by atoms with Crippen LogP contribution in [0.3, 0.4) is 0 Å². The molecule has 1 saturated heterocycles. The van der Waals surface area contributed by atoms with Crippen LogP contribution in [-0.4, -0.2) is 30.5 Å². The average molecular weight is 321 g/mol. The molecule has 0 unspecified atom stereocenters. The van der Waals surface area contributed by atoms with Gasteiger partial charge in [-0.3, -0.25) is 0 Å². The molecule has 2 heterocycles. The van der Waals surface area contributed by atoms with Crippen molar-refractivity contribution in [2.45, 2.75) is 25.0 Å². The molecular weight excluding hydrogens is 301 g/mol. The first-order chi connectivity index (χ1) is 10.7. The van der Waals surface area contributed by atoms with E-state index >= 15 is 0 Å². The Balaban J connectivity index is 1.62. The molecule has 1 fully saturated rings. The van der Waals surface area contributed by atoms with E-state index in [4.69, 9.17) is 4.74 Å². The van der Waals surface area contributed by atoms with Gasteiger partial charge in [-0.15, -0.1) is 11.3 Å². The number of hydrogen-bond acceptors (Lipinski definition) is 4. The Morgan fingerprint density at radius 3 is 2.82 bits per heavy atom. The number of benzene rings is 1. The Kier molecular flexibility index (Phi) is 4.88. The summed E-state index contributed by atoms with van der Waals surface area (Å²) in [6.07, 6.45) is 1.31. The van der Waals surface area contributed by atoms with E-state index in [0.717, 1.165) is 10.4 Å². The first-order valence-corrected chi connectivity index (χ1v) is 8.37. The van der Waals surface area contributed by atoms with Gasteiger partial charge in [-0.1, -0.05) is 12.1 Å². The third-order valence-corrected chi connectivity index (χ3v) is 4.93. The fourth-order valence-corrected chi connectivity index (χ4v) is 3.41. The van der Waals surface area contributed by atoms with Crippen molar-refractivity contribution in [1.29, 1.82) is 0 Å². The van der Waals surface area contributed by atoms with Crippen LogP contribution in [0.4, 0.5) is 4.39 Å². The number of nitrogens with one attached hydrogen (secondary N) is 1. The topological polar surface area (TPSA) is 41.5 Å². The van der Waals surface area contributed by atoms with E-state index in [1.807, 2.05) is 23.6 Å². The van der Waals surface area contributed by atoms with Crippen LogP contribution in [0.1, 0.15) is 18.4 Å². The van der Waals surface area contributed by atoms with Crippen molar-refractivity contribution >= 4 is 11.3 Å². The maximum Gasteiger partial charge on any atom is 0.131 e. The monoisotopic (exact) mass is 321 g/mol. The lowest BCUT2D eigenvalue weighted by molar-refractivity contribution is -0.0617. The highest BCUT2D eigenvalue weighted by atomic mass is 32.1. The zero-order chi connectivity index (χ0) is 15.4. The van der Waals surface area contributed by atoms with Gasteiger partial charge in [-0.25, -0.2) is 4.39 Å². The first-order valence-electron chi connectivity index (χ1n) is 7.49. The number of halogens is 1. The smallest absolute Gasteiger partial charge is 0.131 e. The lowest BCUT2D eigenvalue weighted by Crippen LogP contribution is -2.44. The molecule has 0 radical (unpaired) electrons. The molecule has 0 amide bonds. The molecule has 0 saturated carbocycles. The number of aliphatic hydroxyl groups is 1. The summed E-state index contributed by atoms with van der Waals surface area (Å²) >= 11 is 1.53. The van der Waals surface area contributed by atoms with Crippen LogP contribution in [-0.2, 0) is 11.3 Å². The zero-order valence-electron chi connectivity index (χ0n) is 12.3. The van der Waals surface area contributed by atoms with Crippen LogP contribution in [0.25, 0.3) is 10.4 Å². The Bertz CT molecular complexity index is 609. The van der Waals surface area contributed by atoms with E-state index in [1.165, 1.54) is 17.4 Å². The van der Waals surface area contributed by atoms with Crippen molar-refractivity contribution in [2.75, 3.05) is 19.8 Å². The lowest BCUT2D eigenvalue weighted by atomic mass is 9.94. The SMILES string of the molecule is OC1(CNCc2ccc(F)c(-c3cccs3)c2)CCOCC1. The first kappa shape index (κ1) is 15.6. The molecule has 118 valence electrons. The minimum atomic E-state index is -0.686. The van der Waals surface area contributed by atoms with Crippen LogP contribution < -0.4 is 5.32 Å². The van der Waals surface area contributed by atoms with Gasteiger partial charge >= 0.3 is 0 Å². The minimum Gasteiger partial charge on any atom is -0.388 e. The Morgan fingerprint density at radius 1 is 1.27 bits per heavy atom. The summed E-state index contributed by atoms with van der Waals surface area (Å²) in [6, 6.07) is 9.01. The second-order valence-electron chi connectivity index (χ2n) is 5.73. The second kappa shape index (κ2) is 6.87. The molecule has 1 aliphatic rings. The second-order valence-corrected chi connectivity index (χ2v) is 6.68. The summed E-state index contributed by atoms with van der Waals surface area (Å²) in [6.45, 7) is 2.36. The molecule has 3 rings (SSSR count). The molecule has 1 aromatic carbocycles. The van der Waals surface area contributed by atoms with Gasteiger partial charge in [0.25, 0.3) is 0 Å². The molecule has 3 nitrogen and oxygen atoms in total. The standard InChI is InChI=1S/C17H20FNO2S/c18-15-4-3-13(10-14(15)16-2-1-9-22-16)11-19-12-17(20)5-7-21-8-6-17/h1-4,9-10,19-20H,5-8,11-12H2. The molecule has 0 bridgehead atoms. The highest BCUT2D eigenvalue weighted by Crippen LogP contribution is 2.28. The summed E-state index contributed by atoms with van der Waals surface area (Å²) in [5, 5.41) is 15.6.